The normalized spacial score (nSPS) is 12.5. The van der Waals surface area contributed by atoms with Gasteiger partial charge in [0.2, 0.25) is 5.82 Å². The summed E-state index contributed by atoms with van der Waals surface area (Å²) in [4.78, 5) is 8.86. The van der Waals surface area contributed by atoms with Crippen molar-refractivity contribution < 1.29 is 35.1 Å². The molecule has 0 N–H and O–H groups in total. The fourth-order valence-electron chi connectivity index (χ4n) is 9.73. The zero-order valence-electron chi connectivity index (χ0n) is 37.9. The largest absolute Gasteiger partial charge is 0.417 e. The number of hydrogen-bond donors (Lipinski definition) is 0. The van der Waals surface area contributed by atoms with Crippen LogP contribution in [0.15, 0.2) is 193 Å². The summed E-state index contributed by atoms with van der Waals surface area (Å²) in [7, 11) is 0. The van der Waals surface area contributed by atoms with Gasteiger partial charge in [-0.3, -0.25) is 9.98 Å². The first-order valence-electron chi connectivity index (χ1n) is 22.6. The van der Waals surface area contributed by atoms with E-state index in [0.29, 0.717) is 49.3 Å². The van der Waals surface area contributed by atoms with Crippen molar-refractivity contribution in [3.05, 3.63) is 234 Å². The van der Waals surface area contributed by atoms with Gasteiger partial charge in [0.1, 0.15) is 0 Å². The third-order valence-corrected chi connectivity index (χ3v) is 13.1. The van der Waals surface area contributed by atoms with Gasteiger partial charge in [-0.25, -0.2) is 22.0 Å². The van der Waals surface area contributed by atoms with E-state index >= 15 is 30.7 Å². The quantitative estimate of drug-likeness (QED) is 0.0467. The maximum absolute atomic E-state index is 16.0. The number of para-hydroxylation sites is 2. The minimum absolute atomic E-state index is 0.0531. The Hall–Kier alpha value is -8.90. The van der Waals surface area contributed by atoms with Gasteiger partial charge in [0.15, 0.2) is 23.3 Å². The summed E-state index contributed by atoms with van der Waals surface area (Å²) in [6.07, 6.45) is 0.117. The maximum Gasteiger partial charge on any atom is 0.417 e. The Balaban J connectivity index is 1.22. The molecule has 72 heavy (non-hydrogen) atoms. The van der Waals surface area contributed by atoms with Gasteiger partial charge < -0.3 is 9.13 Å². The number of fused-ring (bicyclic) bond motifs is 6. The molecule has 4 nitrogen and oxygen atoms in total. The van der Waals surface area contributed by atoms with E-state index in [1.54, 1.807) is 63.9 Å². The summed E-state index contributed by atoms with van der Waals surface area (Å²) < 4.78 is 127. The van der Waals surface area contributed by atoms with Crippen LogP contribution in [-0.4, -0.2) is 20.8 Å². The molecule has 0 spiro atoms. The molecular weight excluding hydrogens is 929 g/mol. The molecule has 0 atom stereocenters. The van der Waals surface area contributed by atoms with Gasteiger partial charge in [-0.1, -0.05) is 115 Å². The van der Waals surface area contributed by atoms with Crippen LogP contribution in [0.2, 0.25) is 0 Å². The zero-order valence-corrected chi connectivity index (χ0v) is 37.9. The van der Waals surface area contributed by atoms with Crippen LogP contribution in [0.1, 0.15) is 23.6 Å². The topological polar surface area (TPSA) is 35.1 Å². The van der Waals surface area contributed by atoms with E-state index in [2.05, 4.69) is 16.7 Å². The average molecular weight is 965 g/mol. The second-order valence-corrected chi connectivity index (χ2v) is 17.1. The van der Waals surface area contributed by atoms with Crippen LogP contribution >= 0.6 is 0 Å². The molecule has 352 valence electrons. The molecule has 0 radical (unpaired) electrons. The molecule has 0 unspecified atom stereocenters. The van der Waals surface area contributed by atoms with E-state index in [1.807, 2.05) is 128 Å². The van der Waals surface area contributed by atoms with E-state index in [-0.39, 0.29) is 11.4 Å². The molecule has 11 rings (SSSR count). The van der Waals surface area contributed by atoms with Gasteiger partial charge in [0, 0.05) is 44.4 Å². The smallest absolute Gasteiger partial charge is 0.307 e. The number of hydrogen-bond acceptors (Lipinski definition) is 2. The van der Waals surface area contributed by atoms with Crippen molar-refractivity contribution >= 4 is 61.6 Å². The van der Waals surface area contributed by atoms with Crippen molar-refractivity contribution in [3.8, 4) is 44.9 Å². The third-order valence-electron chi connectivity index (χ3n) is 13.1. The highest BCUT2D eigenvalue weighted by Crippen LogP contribution is 2.47. The molecule has 3 aromatic heterocycles. The molecule has 0 aliphatic carbocycles. The van der Waals surface area contributed by atoms with Crippen molar-refractivity contribution in [2.45, 2.75) is 13.1 Å². The molecule has 8 aromatic carbocycles. The van der Waals surface area contributed by atoms with Crippen LogP contribution in [-0.2, 0) is 6.18 Å². The minimum atomic E-state index is -5.38. The Morgan fingerprint density at radius 1 is 0.514 bits per heavy atom. The molecule has 3 heterocycles. The van der Waals surface area contributed by atoms with Crippen molar-refractivity contribution in [2.75, 3.05) is 0 Å². The van der Waals surface area contributed by atoms with Crippen LogP contribution in [0.4, 0.5) is 35.1 Å². The van der Waals surface area contributed by atoms with E-state index < -0.39 is 52.0 Å². The summed E-state index contributed by atoms with van der Waals surface area (Å²) >= 11 is 0. The van der Waals surface area contributed by atoms with E-state index in [1.165, 1.54) is 0 Å². The van der Waals surface area contributed by atoms with E-state index in [4.69, 9.17) is 0 Å². The number of aromatic nitrogens is 3. The van der Waals surface area contributed by atoms with Gasteiger partial charge in [-0.2, -0.15) is 13.2 Å². The number of nitrogens with zero attached hydrogens (tertiary/aromatic N) is 4. The summed E-state index contributed by atoms with van der Waals surface area (Å²) in [6, 6.07) is 49.9. The van der Waals surface area contributed by atoms with Crippen LogP contribution in [0.3, 0.4) is 0 Å². The van der Waals surface area contributed by atoms with Gasteiger partial charge in [0.25, 0.3) is 0 Å². The van der Waals surface area contributed by atoms with Crippen molar-refractivity contribution in [3.63, 3.8) is 0 Å². The molecule has 0 aliphatic rings. The predicted molar refractivity (Wildman–Crippen MR) is 272 cm³/mol. The summed E-state index contributed by atoms with van der Waals surface area (Å²) in [5.41, 5.74) is 3.34. The lowest BCUT2D eigenvalue weighted by Crippen LogP contribution is -2.14. The number of halogens is 8. The van der Waals surface area contributed by atoms with Crippen LogP contribution in [0.5, 0.6) is 0 Å². The minimum Gasteiger partial charge on any atom is -0.307 e. The summed E-state index contributed by atoms with van der Waals surface area (Å²) in [5.74, 6) is -12.1. The molecule has 0 amide bonds. The Labute approximate surface area is 406 Å². The molecule has 11 aromatic rings. The predicted octanol–water partition coefficient (Wildman–Crippen LogP) is 17.1. The second kappa shape index (κ2) is 17.8. The van der Waals surface area contributed by atoms with Crippen LogP contribution in [0, 0.1) is 29.1 Å². The molecule has 0 aliphatic heterocycles. The Morgan fingerprint density at radius 2 is 1.04 bits per heavy atom. The second-order valence-electron chi connectivity index (χ2n) is 17.1. The zero-order chi connectivity index (χ0) is 50.0. The number of alkyl halides is 3. The number of allylic oxidation sites excluding steroid dienone is 3. The van der Waals surface area contributed by atoms with E-state index in [9.17, 15) is 4.39 Å². The van der Waals surface area contributed by atoms with Crippen molar-refractivity contribution in [1.29, 1.82) is 0 Å². The Bertz CT molecular complexity index is 4030. The monoisotopic (exact) mass is 964 g/mol. The average Bonchev–Trinajstić information content (AvgIpc) is 3.92. The number of pyridine rings is 1. The number of benzene rings is 8. The lowest BCUT2D eigenvalue weighted by atomic mass is 9.95. The highest BCUT2D eigenvalue weighted by atomic mass is 19.4. The first-order chi connectivity index (χ1) is 34.9. The Kier molecular flexibility index (Phi) is 11.3. The highest BCUT2D eigenvalue weighted by molar-refractivity contribution is 6.13. The molecular formula is C60H36F8N4. The lowest BCUT2D eigenvalue weighted by Gasteiger charge is -2.22. The van der Waals surface area contributed by atoms with Crippen LogP contribution in [0.25, 0.3) is 99.8 Å². The standard InChI is InChI=1S/C60H36F8N4/c1-3-34(30-46(69-2)35-14-6-4-7-15-35)37-22-24-50-42(28-37)40-18-10-12-20-48(40)71(50)52-32-44(54-55(61)57(63)59(65)58(64)56(54)62)45(60(66,67)68)33-53(52)72-49-21-13-11-19-41(49)43-29-38(23-25-51(43)72)39-26-27-70-47(31-39)36-16-8-5-9-17-36/h3-33H,2H2,1H3/b34-3+,46-30-. The molecule has 0 saturated heterocycles. The van der Waals surface area contributed by atoms with E-state index in [0.717, 1.165) is 51.2 Å². The number of aliphatic imine (C=N–C) groups is 1. The van der Waals surface area contributed by atoms with Gasteiger partial charge in [-0.05, 0) is 103 Å². The first-order valence-corrected chi connectivity index (χ1v) is 22.6. The molecule has 0 saturated carbocycles. The molecule has 0 fully saturated rings. The summed E-state index contributed by atoms with van der Waals surface area (Å²) in [5, 5.41) is 2.62. The fourth-order valence-corrected chi connectivity index (χ4v) is 9.73. The Morgan fingerprint density at radius 3 is 1.65 bits per heavy atom. The maximum atomic E-state index is 16.0. The molecule has 0 bridgehead atoms. The summed E-state index contributed by atoms with van der Waals surface area (Å²) in [6.45, 7) is 5.66. The van der Waals surface area contributed by atoms with Crippen LogP contribution < -0.4 is 0 Å². The SMILES string of the molecule is C=N/C(=C\C(=C/C)c1ccc2c(c1)c1ccccc1n2-c1cc(-c2c(F)c(F)c(F)c(F)c2F)c(C(F)(F)F)cc1-n1c2ccccc2c2cc(-c3ccnc(-c4ccccc4)c3)ccc21)c1ccccc1. The van der Waals surface area contributed by atoms with Gasteiger partial charge >= 0.3 is 6.18 Å². The first kappa shape index (κ1) is 45.5. The third kappa shape index (κ3) is 7.54. The van der Waals surface area contributed by atoms with Gasteiger partial charge in [-0.15, -0.1) is 0 Å². The van der Waals surface area contributed by atoms with Gasteiger partial charge in [0.05, 0.1) is 56.0 Å². The van der Waals surface area contributed by atoms with Crippen molar-refractivity contribution in [1.82, 2.24) is 14.1 Å². The van der Waals surface area contributed by atoms with Crippen molar-refractivity contribution in [2.24, 2.45) is 4.99 Å². The number of rotatable bonds is 9. The lowest BCUT2D eigenvalue weighted by molar-refractivity contribution is -0.137. The highest BCUT2D eigenvalue weighted by Gasteiger charge is 2.39. The fraction of sp³-hybridized carbons (Fsp3) is 0.0333. The molecule has 12 heteroatoms.